The van der Waals surface area contributed by atoms with E-state index in [1.165, 1.54) is 58.7 Å². The van der Waals surface area contributed by atoms with E-state index < -0.39 is 47.9 Å². The third-order valence-electron chi connectivity index (χ3n) is 7.33. The van der Waals surface area contributed by atoms with E-state index in [2.05, 4.69) is 15.6 Å². The molecule has 0 fully saturated rings. The number of hydrogen-bond acceptors (Lipinski definition) is 6. The molecule has 12 nitrogen and oxygen atoms in total. The summed E-state index contributed by atoms with van der Waals surface area (Å²) in [6.45, 7) is -0.188. The predicted octanol–water partition coefficient (Wildman–Crippen LogP) is 3.82. The number of aryl methyl sites for hydroxylation is 2. The Labute approximate surface area is 261 Å². The number of hydrogen-bond donors (Lipinski definition) is 3. The van der Waals surface area contributed by atoms with Gasteiger partial charge in [-0.2, -0.15) is 13.2 Å². The van der Waals surface area contributed by atoms with Gasteiger partial charge in [0, 0.05) is 53.9 Å². The van der Waals surface area contributed by atoms with Crippen LogP contribution in [0.15, 0.2) is 47.4 Å². The third-order valence-corrected chi connectivity index (χ3v) is 7.33. The summed E-state index contributed by atoms with van der Waals surface area (Å²) < 4.78 is 60.7. The smallest absolute Gasteiger partial charge is 0.405 e. The highest BCUT2D eigenvalue weighted by Gasteiger charge is 2.39. The van der Waals surface area contributed by atoms with Crippen LogP contribution >= 0.6 is 0 Å². The first-order valence-corrected chi connectivity index (χ1v) is 14.2. The van der Waals surface area contributed by atoms with Crippen molar-refractivity contribution in [3.05, 3.63) is 70.2 Å². The van der Waals surface area contributed by atoms with Gasteiger partial charge in [0.2, 0.25) is 5.91 Å². The van der Waals surface area contributed by atoms with Crippen molar-refractivity contribution in [1.29, 1.82) is 0 Å². The molecular weight excluding hydrogens is 616 g/mol. The molecule has 3 aromatic rings. The summed E-state index contributed by atoms with van der Waals surface area (Å²) in [4.78, 5) is 56.5. The number of rotatable bonds is 14. The largest absolute Gasteiger partial charge is 0.465 e. The highest BCUT2D eigenvalue weighted by Crippen LogP contribution is 2.27. The van der Waals surface area contributed by atoms with Gasteiger partial charge in [0.15, 0.2) is 0 Å². The number of fused-ring (bicyclic) bond motifs is 1. The molecule has 0 radical (unpaired) electrons. The topological polar surface area (TPSA) is 148 Å². The van der Waals surface area contributed by atoms with Crippen molar-refractivity contribution in [2.24, 2.45) is 7.05 Å². The number of nitrogens with zero attached hydrogens (tertiary/aromatic N) is 4. The van der Waals surface area contributed by atoms with Gasteiger partial charge in [-0.15, -0.1) is 0 Å². The molecule has 0 bridgehead atoms. The Morgan fingerprint density at radius 2 is 1.87 bits per heavy atom. The van der Waals surface area contributed by atoms with E-state index in [1.54, 1.807) is 14.1 Å². The number of imidazole rings is 1. The monoisotopic (exact) mass is 652 g/mol. The second-order valence-electron chi connectivity index (χ2n) is 10.9. The number of carboxylic acid groups (broad SMARTS) is 1. The molecule has 0 aliphatic heterocycles. The number of methoxy groups -OCH3 is 1. The molecule has 3 amide bonds. The molecule has 1 unspecified atom stereocenters. The van der Waals surface area contributed by atoms with Crippen LogP contribution in [0.5, 0.6) is 0 Å². The van der Waals surface area contributed by atoms with E-state index >= 15 is 0 Å². The standard InChI is InChI=1S/C30H36F4N6O6/c1-38(2)24(41)9-5-6-11-29(13-15-46-4,37-28(44)45)27(43)35-21-8-7-14-40(26(21)42)18-23-36-25-19(10-12-30(32,33)34)16-20(31)17-22(25)39(23)3/h5,7-9,14,16-17,37H,6,10-13,15,18H2,1-4H3,(H,35,43)(H,44,45). The highest BCUT2D eigenvalue weighted by atomic mass is 19.4. The average Bonchev–Trinajstić information content (AvgIpc) is 3.28. The summed E-state index contributed by atoms with van der Waals surface area (Å²) >= 11 is 0. The summed E-state index contributed by atoms with van der Waals surface area (Å²) in [6, 6.07) is 4.94. The second kappa shape index (κ2) is 15.0. The molecule has 0 aliphatic carbocycles. The maximum absolute atomic E-state index is 14.3. The molecule has 3 rings (SSSR count). The lowest BCUT2D eigenvalue weighted by atomic mass is 9.88. The Hall–Kier alpha value is -4.73. The quantitative estimate of drug-likeness (QED) is 0.177. The van der Waals surface area contributed by atoms with Crippen LogP contribution in [0.25, 0.3) is 11.0 Å². The number of benzene rings is 1. The molecule has 250 valence electrons. The number of pyridine rings is 1. The van der Waals surface area contributed by atoms with Gasteiger partial charge in [-0.1, -0.05) is 6.08 Å². The van der Waals surface area contributed by atoms with Crippen LogP contribution in [0, 0.1) is 5.82 Å². The van der Waals surface area contributed by atoms with E-state index in [0.717, 1.165) is 12.1 Å². The molecule has 0 aliphatic rings. The molecule has 1 atom stereocenters. The van der Waals surface area contributed by atoms with Crippen molar-refractivity contribution in [3.8, 4) is 0 Å². The van der Waals surface area contributed by atoms with Crippen LogP contribution in [0.3, 0.4) is 0 Å². The second-order valence-corrected chi connectivity index (χ2v) is 10.9. The van der Waals surface area contributed by atoms with E-state index in [9.17, 15) is 41.8 Å². The van der Waals surface area contributed by atoms with Gasteiger partial charge in [0.1, 0.15) is 22.9 Å². The predicted molar refractivity (Wildman–Crippen MR) is 161 cm³/mol. The molecular formula is C30H36F4N6O6. The number of nitrogens with one attached hydrogen (secondary N) is 2. The first kappa shape index (κ1) is 35.7. The normalized spacial score (nSPS) is 13.1. The van der Waals surface area contributed by atoms with Gasteiger partial charge in [0.25, 0.3) is 11.5 Å². The molecule has 1 aromatic carbocycles. The number of likely N-dealkylation sites (N-methyl/N-ethyl adjacent to an activating group) is 1. The summed E-state index contributed by atoms with van der Waals surface area (Å²) in [7, 11) is 6.04. The third kappa shape index (κ3) is 9.15. The zero-order valence-corrected chi connectivity index (χ0v) is 25.8. The summed E-state index contributed by atoms with van der Waals surface area (Å²) in [5.74, 6) is -1.62. The van der Waals surface area contributed by atoms with Gasteiger partial charge < -0.3 is 34.5 Å². The van der Waals surface area contributed by atoms with Gasteiger partial charge >= 0.3 is 12.3 Å². The SMILES string of the molecule is COCCC(CCC=CC(=O)N(C)C)(NC(=O)O)C(=O)Nc1cccn(Cc2nc3c(CCC(F)(F)F)cc(F)cc3n2C)c1=O. The van der Waals surface area contributed by atoms with Gasteiger partial charge in [-0.3, -0.25) is 14.4 Å². The van der Waals surface area contributed by atoms with Crippen LogP contribution in [-0.2, 0) is 34.3 Å². The molecule has 46 heavy (non-hydrogen) atoms. The Kier molecular flexibility index (Phi) is 11.7. The minimum absolute atomic E-state index is 0.00860. The maximum Gasteiger partial charge on any atom is 0.405 e. The van der Waals surface area contributed by atoms with E-state index in [0.29, 0.717) is 0 Å². The van der Waals surface area contributed by atoms with E-state index in [4.69, 9.17) is 4.74 Å². The summed E-state index contributed by atoms with van der Waals surface area (Å²) in [5.41, 5.74) is -2.12. The van der Waals surface area contributed by atoms with Crippen molar-refractivity contribution in [2.45, 2.75) is 50.4 Å². The molecule has 16 heteroatoms. The number of carbonyl (C=O) groups is 3. The summed E-state index contributed by atoms with van der Waals surface area (Å²) in [5, 5.41) is 14.3. The number of aromatic nitrogens is 3. The van der Waals surface area contributed by atoms with E-state index in [-0.39, 0.29) is 66.4 Å². The number of halogens is 4. The Bertz CT molecular complexity index is 1670. The maximum atomic E-state index is 14.3. The lowest BCUT2D eigenvalue weighted by Gasteiger charge is -2.32. The highest BCUT2D eigenvalue weighted by molar-refractivity contribution is 5.99. The van der Waals surface area contributed by atoms with Crippen LogP contribution in [0.2, 0.25) is 0 Å². The van der Waals surface area contributed by atoms with Crippen LogP contribution in [-0.4, -0.2) is 81.6 Å². The fourth-order valence-electron chi connectivity index (χ4n) is 4.80. The van der Waals surface area contributed by atoms with Crippen LogP contribution < -0.4 is 16.2 Å². The Morgan fingerprint density at radius 3 is 2.50 bits per heavy atom. The fourth-order valence-corrected chi connectivity index (χ4v) is 4.80. The number of amides is 3. The van der Waals surface area contributed by atoms with Crippen molar-refractivity contribution in [2.75, 3.05) is 33.1 Å². The number of carbonyl (C=O) groups excluding carboxylic acids is 2. The Morgan fingerprint density at radius 1 is 1.15 bits per heavy atom. The lowest BCUT2D eigenvalue weighted by Crippen LogP contribution is -2.57. The van der Waals surface area contributed by atoms with Crippen molar-refractivity contribution in [3.63, 3.8) is 0 Å². The first-order valence-electron chi connectivity index (χ1n) is 14.2. The van der Waals surface area contributed by atoms with Crippen molar-refractivity contribution < 1.29 is 41.8 Å². The number of ether oxygens (including phenoxy) is 1. The van der Waals surface area contributed by atoms with Crippen LogP contribution in [0.4, 0.5) is 28.0 Å². The number of anilines is 1. The average molecular weight is 653 g/mol. The number of alkyl halides is 3. The molecule has 2 heterocycles. The Balaban J connectivity index is 1.92. The lowest BCUT2D eigenvalue weighted by molar-refractivity contribution is -0.134. The van der Waals surface area contributed by atoms with Crippen molar-refractivity contribution in [1.82, 2.24) is 24.3 Å². The number of allylic oxidation sites excluding steroid dienone is 1. The molecule has 0 saturated heterocycles. The first-order chi connectivity index (χ1) is 21.6. The fraction of sp³-hybridized carbons (Fsp3) is 0.433. The van der Waals surface area contributed by atoms with E-state index in [1.807, 2.05) is 0 Å². The van der Waals surface area contributed by atoms with Gasteiger partial charge in [0.05, 0.1) is 17.6 Å². The summed E-state index contributed by atoms with van der Waals surface area (Å²) in [6.07, 6.45) is -3.40. The minimum Gasteiger partial charge on any atom is -0.465 e. The molecule has 0 saturated carbocycles. The minimum atomic E-state index is -4.45. The molecule has 0 spiro atoms. The van der Waals surface area contributed by atoms with Crippen molar-refractivity contribution >= 4 is 34.6 Å². The molecule has 3 N–H and O–H groups in total. The van der Waals surface area contributed by atoms with Gasteiger partial charge in [-0.05, 0) is 55.2 Å². The zero-order chi connectivity index (χ0) is 34.2. The van der Waals surface area contributed by atoms with Gasteiger partial charge in [-0.25, -0.2) is 14.2 Å². The zero-order valence-electron chi connectivity index (χ0n) is 25.8. The van der Waals surface area contributed by atoms with Crippen LogP contribution in [0.1, 0.15) is 37.1 Å². The molecule has 2 aromatic heterocycles.